The number of aliphatic carboxylic acids is 1. The summed E-state index contributed by atoms with van der Waals surface area (Å²) in [5.41, 5.74) is 7.35. The number of anilines is 1. The molecule has 0 atom stereocenters. The third kappa shape index (κ3) is 8.10. The summed E-state index contributed by atoms with van der Waals surface area (Å²) in [7, 11) is 0. The minimum absolute atomic E-state index is 0.0143. The molecule has 4 rings (SSSR count). The molecule has 0 spiro atoms. The van der Waals surface area contributed by atoms with Crippen LogP contribution < -0.4 is 15.0 Å². The van der Waals surface area contributed by atoms with Crippen LogP contribution in [0.3, 0.4) is 0 Å². The van der Waals surface area contributed by atoms with Crippen molar-refractivity contribution in [2.45, 2.75) is 59.0 Å². The number of carbonyl (C=O) groups is 3. The van der Waals surface area contributed by atoms with Crippen molar-refractivity contribution in [1.29, 1.82) is 0 Å². The van der Waals surface area contributed by atoms with E-state index in [0.29, 0.717) is 19.6 Å². The van der Waals surface area contributed by atoms with E-state index in [1.807, 2.05) is 53.4 Å². The lowest BCUT2D eigenvalue weighted by atomic mass is 9.91. The molecule has 2 amide bonds. The first-order chi connectivity index (χ1) is 19.8. The number of hydrogen-bond acceptors (Lipinski definition) is 5. The molecule has 0 aliphatic carbocycles. The number of aryl methyl sites for hydroxylation is 1. The van der Waals surface area contributed by atoms with Crippen molar-refractivity contribution in [1.82, 2.24) is 5.32 Å². The molecule has 1 aliphatic rings. The van der Waals surface area contributed by atoms with E-state index in [2.05, 4.69) is 31.3 Å². The number of unbranched alkanes of at least 4 members (excludes halogenated alkanes) is 1. The number of alkyl carbamates (subject to hydrolysis) is 1. The number of carboxylic acid groups (broad SMARTS) is 1. The SMILES string of the molecule is Cc1cccc(OCCCCC(=O)N2CCCc3c(-c4cccc(COC(=O)NCCC(=O)O)c4)cccc32)c1C. The van der Waals surface area contributed by atoms with E-state index >= 15 is 0 Å². The van der Waals surface area contributed by atoms with Gasteiger partial charge in [-0.2, -0.15) is 0 Å². The third-order valence-corrected chi connectivity index (χ3v) is 7.37. The summed E-state index contributed by atoms with van der Waals surface area (Å²) in [6, 6.07) is 19.9. The van der Waals surface area contributed by atoms with Gasteiger partial charge in [0.1, 0.15) is 12.4 Å². The predicted octanol–water partition coefficient (Wildman–Crippen LogP) is 6.20. The van der Waals surface area contributed by atoms with Gasteiger partial charge in [-0.3, -0.25) is 9.59 Å². The zero-order valence-corrected chi connectivity index (χ0v) is 23.8. The van der Waals surface area contributed by atoms with Gasteiger partial charge in [0.05, 0.1) is 13.0 Å². The lowest BCUT2D eigenvalue weighted by Crippen LogP contribution is -2.35. The molecule has 0 aromatic heterocycles. The smallest absolute Gasteiger partial charge is 0.407 e. The van der Waals surface area contributed by atoms with Gasteiger partial charge in [-0.25, -0.2) is 4.79 Å². The summed E-state index contributed by atoms with van der Waals surface area (Å²) in [6.07, 6.45) is 3.01. The van der Waals surface area contributed by atoms with Gasteiger partial charge in [0.15, 0.2) is 0 Å². The van der Waals surface area contributed by atoms with Crippen LogP contribution in [0.5, 0.6) is 5.75 Å². The lowest BCUT2D eigenvalue weighted by molar-refractivity contribution is -0.136. The minimum Gasteiger partial charge on any atom is -0.493 e. The van der Waals surface area contributed by atoms with Crippen molar-refractivity contribution in [3.05, 3.63) is 82.9 Å². The molecule has 0 bridgehead atoms. The van der Waals surface area contributed by atoms with Crippen molar-refractivity contribution in [3.63, 3.8) is 0 Å². The number of amides is 2. The highest BCUT2D eigenvalue weighted by molar-refractivity contribution is 5.96. The van der Waals surface area contributed by atoms with Crippen LogP contribution in [-0.2, 0) is 27.4 Å². The first-order valence-electron chi connectivity index (χ1n) is 14.2. The number of carboxylic acids is 1. The van der Waals surface area contributed by atoms with Crippen LogP contribution in [0.4, 0.5) is 10.5 Å². The summed E-state index contributed by atoms with van der Waals surface area (Å²) >= 11 is 0. The minimum atomic E-state index is -0.983. The Bertz CT molecular complexity index is 1390. The topological polar surface area (TPSA) is 105 Å². The maximum atomic E-state index is 13.3. The molecule has 0 fully saturated rings. The van der Waals surface area contributed by atoms with Gasteiger partial charge in [0, 0.05) is 25.2 Å². The molecule has 0 saturated heterocycles. The summed E-state index contributed by atoms with van der Waals surface area (Å²) in [5.74, 6) is 0.0531. The number of nitrogens with zero attached hydrogens (tertiary/aromatic N) is 1. The fraction of sp³-hybridized carbons (Fsp3) is 0.364. The summed E-state index contributed by atoms with van der Waals surface area (Å²) in [4.78, 5) is 37.7. The molecule has 0 unspecified atom stereocenters. The molecule has 8 nitrogen and oxygen atoms in total. The number of nitrogens with one attached hydrogen (secondary N) is 1. The third-order valence-electron chi connectivity index (χ3n) is 7.37. The highest BCUT2D eigenvalue weighted by Crippen LogP contribution is 2.36. The number of hydrogen-bond donors (Lipinski definition) is 2. The molecule has 8 heteroatoms. The Balaban J connectivity index is 1.34. The summed E-state index contributed by atoms with van der Waals surface area (Å²) < 4.78 is 11.2. The molecular weight excluding hydrogens is 520 g/mol. The average molecular weight is 559 g/mol. The van der Waals surface area contributed by atoms with E-state index in [9.17, 15) is 14.4 Å². The molecule has 0 radical (unpaired) electrons. The van der Waals surface area contributed by atoms with Gasteiger partial charge in [0.2, 0.25) is 5.91 Å². The zero-order valence-electron chi connectivity index (χ0n) is 23.8. The maximum absolute atomic E-state index is 13.3. The van der Waals surface area contributed by atoms with Gasteiger partial charge in [-0.15, -0.1) is 0 Å². The number of benzene rings is 3. The van der Waals surface area contributed by atoms with E-state index in [-0.39, 0.29) is 25.5 Å². The second-order valence-corrected chi connectivity index (χ2v) is 10.3. The fourth-order valence-electron chi connectivity index (χ4n) is 5.03. The molecular formula is C33H38N2O6. The molecule has 0 saturated carbocycles. The quantitative estimate of drug-likeness (QED) is 0.257. The van der Waals surface area contributed by atoms with Crippen molar-refractivity contribution in [2.75, 3.05) is 24.6 Å². The van der Waals surface area contributed by atoms with E-state index in [4.69, 9.17) is 14.6 Å². The molecule has 1 aliphatic heterocycles. The second kappa shape index (κ2) is 14.3. The summed E-state index contributed by atoms with van der Waals surface area (Å²) in [5, 5.41) is 11.1. The Morgan fingerprint density at radius 2 is 1.78 bits per heavy atom. The van der Waals surface area contributed by atoms with Crippen LogP contribution >= 0.6 is 0 Å². The zero-order chi connectivity index (χ0) is 29.2. The molecule has 3 aromatic rings. The maximum Gasteiger partial charge on any atom is 0.407 e. The first kappa shape index (κ1) is 29.6. The Morgan fingerprint density at radius 3 is 2.61 bits per heavy atom. The number of fused-ring (bicyclic) bond motifs is 1. The van der Waals surface area contributed by atoms with E-state index in [0.717, 1.165) is 64.9 Å². The monoisotopic (exact) mass is 558 g/mol. The predicted molar refractivity (Wildman–Crippen MR) is 158 cm³/mol. The van der Waals surface area contributed by atoms with Gasteiger partial charge >= 0.3 is 12.1 Å². The number of rotatable bonds is 12. The standard InChI is InChI=1S/C33H38N2O6/c1-23-9-5-15-30(24(23)2)40-20-4-3-16-31(36)35-19-8-13-28-27(12-7-14-29(28)35)26-11-6-10-25(21-26)22-41-33(39)34-18-17-32(37)38/h5-7,9-12,14-15,21H,3-4,8,13,16-20,22H2,1-2H3,(H,34,39)(H,37,38). The van der Waals surface area contributed by atoms with Crippen LogP contribution in [0.2, 0.25) is 0 Å². The van der Waals surface area contributed by atoms with E-state index in [1.165, 1.54) is 5.56 Å². The van der Waals surface area contributed by atoms with Crippen molar-refractivity contribution in [2.24, 2.45) is 0 Å². The van der Waals surface area contributed by atoms with E-state index < -0.39 is 12.1 Å². The van der Waals surface area contributed by atoms with E-state index in [1.54, 1.807) is 0 Å². The lowest BCUT2D eigenvalue weighted by Gasteiger charge is -2.31. The van der Waals surface area contributed by atoms with Gasteiger partial charge in [-0.05, 0) is 91.1 Å². The Kier molecular flexibility index (Phi) is 10.4. The highest BCUT2D eigenvalue weighted by Gasteiger charge is 2.24. The first-order valence-corrected chi connectivity index (χ1v) is 14.2. The summed E-state index contributed by atoms with van der Waals surface area (Å²) in [6.45, 7) is 5.51. The van der Waals surface area contributed by atoms with Crippen LogP contribution in [-0.4, -0.2) is 42.8 Å². The van der Waals surface area contributed by atoms with Gasteiger partial charge in [-0.1, -0.05) is 42.5 Å². The van der Waals surface area contributed by atoms with Crippen LogP contribution in [0.25, 0.3) is 11.1 Å². The number of carbonyl (C=O) groups excluding carboxylic acids is 2. The molecule has 216 valence electrons. The molecule has 2 N–H and O–H groups in total. The fourth-order valence-corrected chi connectivity index (χ4v) is 5.03. The van der Waals surface area contributed by atoms with Crippen LogP contribution in [0, 0.1) is 13.8 Å². The molecule has 3 aromatic carbocycles. The van der Waals surface area contributed by atoms with Crippen molar-refractivity contribution >= 4 is 23.7 Å². The Morgan fingerprint density at radius 1 is 0.976 bits per heavy atom. The highest BCUT2D eigenvalue weighted by atomic mass is 16.5. The molecule has 1 heterocycles. The largest absolute Gasteiger partial charge is 0.493 e. The van der Waals surface area contributed by atoms with Crippen molar-refractivity contribution in [3.8, 4) is 16.9 Å². The van der Waals surface area contributed by atoms with Crippen LogP contribution in [0.1, 0.15) is 54.4 Å². The van der Waals surface area contributed by atoms with Crippen molar-refractivity contribution < 1.29 is 29.0 Å². The molecule has 41 heavy (non-hydrogen) atoms. The Labute approximate surface area is 241 Å². The normalized spacial score (nSPS) is 12.4. The van der Waals surface area contributed by atoms with Gasteiger partial charge in [0.25, 0.3) is 0 Å². The second-order valence-electron chi connectivity index (χ2n) is 10.3. The van der Waals surface area contributed by atoms with Gasteiger partial charge < -0.3 is 24.8 Å². The Hall–Kier alpha value is -4.33. The average Bonchev–Trinajstić information content (AvgIpc) is 2.97. The van der Waals surface area contributed by atoms with Crippen LogP contribution in [0.15, 0.2) is 60.7 Å². The number of ether oxygens (including phenoxy) is 2.